The zero-order valence-corrected chi connectivity index (χ0v) is 18.1. The largest absolute Gasteiger partial charge is 0.241 e. The molecule has 152 valence electrons. The van der Waals surface area contributed by atoms with Gasteiger partial charge in [0.25, 0.3) is 0 Å². The van der Waals surface area contributed by atoms with Crippen LogP contribution >= 0.6 is 0 Å². The van der Waals surface area contributed by atoms with Gasteiger partial charge in [-0.2, -0.15) is 0 Å². The summed E-state index contributed by atoms with van der Waals surface area (Å²) in [6.45, 7) is 5.50. The average Bonchev–Trinajstić information content (AvgIpc) is 2.68. The van der Waals surface area contributed by atoms with E-state index in [0.717, 1.165) is 11.1 Å². The lowest BCUT2D eigenvalue weighted by Gasteiger charge is -2.15. The minimum Gasteiger partial charge on any atom is -0.219 e. The molecule has 0 saturated heterocycles. The maximum atomic E-state index is 12.8. The molecule has 0 amide bonds. The minimum absolute atomic E-state index is 0.165. The molecule has 1 atom stereocenters. The summed E-state index contributed by atoms with van der Waals surface area (Å²) < 4.78 is 53.3. The highest BCUT2D eigenvalue weighted by molar-refractivity contribution is 7.91. The van der Waals surface area contributed by atoms with E-state index < -0.39 is 25.9 Å². The molecule has 0 bridgehead atoms. The van der Waals surface area contributed by atoms with Gasteiger partial charge in [0.15, 0.2) is 0 Å². The van der Waals surface area contributed by atoms with E-state index in [0.29, 0.717) is 5.56 Å². The summed E-state index contributed by atoms with van der Waals surface area (Å²) >= 11 is 0. The molecule has 0 spiro atoms. The van der Waals surface area contributed by atoms with Gasteiger partial charge in [0.05, 0.1) is 14.7 Å². The molecule has 0 heterocycles. The second kappa shape index (κ2) is 8.10. The average molecular weight is 430 g/mol. The molecule has 0 aliphatic carbocycles. The third kappa shape index (κ3) is 4.75. The van der Waals surface area contributed by atoms with Crippen molar-refractivity contribution in [3.8, 4) is 0 Å². The van der Waals surface area contributed by atoms with Gasteiger partial charge in [-0.05, 0) is 62.7 Å². The molecule has 0 fully saturated rings. The van der Waals surface area contributed by atoms with Crippen molar-refractivity contribution < 1.29 is 16.8 Å². The summed E-state index contributed by atoms with van der Waals surface area (Å²) in [6, 6.07) is 19.0. The van der Waals surface area contributed by atoms with Crippen LogP contribution in [0, 0.1) is 13.8 Å². The number of benzene rings is 3. The molecule has 7 heteroatoms. The SMILES string of the molecule is Cc1ccc(S(=O)(=O)NC(C)c2ccc(S(=O)(=O)c3ccc(C)cc3)cc2)cc1. The third-order valence-electron chi connectivity index (χ3n) is 4.68. The molecule has 1 unspecified atom stereocenters. The predicted molar refractivity (Wildman–Crippen MR) is 113 cm³/mol. The van der Waals surface area contributed by atoms with E-state index in [-0.39, 0.29) is 14.7 Å². The quantitative estimate of drug-likeness (QED) is 0.638. The Morgan fingerprint density at radius 3 is 1.45 bits per heavy atom. The molecule has 5 nitrogen and oxygen atoms in total. The molecule has 1 N–H and O–H groups in total. The summed E-state index contributed by atoms with van der Waals surface area (Å²) in [6.07, 6.45) is 0. The third-order valence-corrected chi connectivity index (χ3v) is 8.03. The van der Waals surface area contributed by atoms with Gasteiger partial charge in [0, 0.05) is 6.04 Å². The van der Waals surface area contributed by atoms with Crippen LogP contribution in [0.4, 0.5) is 0 Å². The molecule has 3 rings (SSSR count). The second-order valence-electron chi connectivity index (χ2n) is 7.04. The molecule has 0 aliphatic heterocycles. The van der Waals surface area contributed by atoms with E-state index >= 15 is 0 Å². The van der Waals surface area contributed by atoms with Gasteiger partial charge in [-0.3, -0.25) is 0 Å². The van der Waals surface area contributed by atoms with E-state index in [1.807, 2.05) is 13.8 Å². The highest BCUT2D eigenvalue weighted by Gasteiger charge is 2.20. The zero-order chi connectivity index (χ0) is 21.2. The molecule has 0 aromatic heterocycles. The summed E-state index contributed by atoms with van der Waals surface area (Å²) in [5, 5.41) is 0. The summed E-state index contributed by atoms with van der Waals surface area (Å²) in [5.74, 6) is 0. The van der Waals surface area contributed by atoms with Crippen LogP contribution in [0.5, 0.6) is 0 Å². The first kappa shape index (κ1) is 21.2. The first-order chi connectivity index (χ1) is 13.6. The van der Waals surface area contributed by atoms with Gasteiger partial charge in [0.1, 0.15) is 0 Å². The van der Waals surface area contributed by atoms with Crippen molar-refractivity contribution in [2.75, 3.05) is 0 Å². The first-order valence-corrected chi connectivity index (χ1v) is 12.1. The molecule has 0 aliphatic rings. The Balaban J connectivity index is 1.80. The van der Waals surface area contributed by atoms with Crippen molar-refractivity contribution in [2.45, 2.75) is 41.5 Å². The Bertz CT molecular complexity index is 1200. The van der Waals surface area contributed by atoms with Gasteiger partial charge in [0.2, 0.25) is 19.9 Å². The molecular weight excluding hydrogens is 406 g/mol. The van der Waals surface area contributed by atoms with Crippen LogP contribution in [0.15, 0.2) is 87.5 Å². The number of aryl methyl sites for hydroxylation is 2. The Morgan fingerprint density at radius 2 is 1.00 bits per heavy atom. The summed E-state index contributed by atoms with van der Waals surface area (Å²) in [5.41, 5.74) is 2.62. The van der Waals surface area contributed by atoms with Gasteiger partial charge >= 0.3 is 0 Å². The monoisotopic (exact) mass is 429 g/mol. The summed E-state index contributed by atoms with van der Waals surface area (Å²) in [7, 11) is -7.30. The first-order valence-electron chi connectivity index (χ1n) is 9.10. The fourth-order valence-corrected chi connectivity index (χ4v) is 5.37. The summed E-state index contributed by atoms with van der Waals surface area (Å²) in [4.78, 5) is 0.580. The number of hydrogen-bond acceptors (Lipinski definition) is 4. The maximum absolute atomic E-state index is 12.8. The van der Waals surface area contributed by atoms with E-state index in [9.17, 15) is 16.8 Å². The lowest BCUT2D eigenvalue weighted by Crippen LogP contribution is -2.26. The topological polar surface area (TPSA) is 80.3 Å². The molecule has 3 aromatic rings. The Kier molecular flexibility index (Phi) is 5.93. The van der Waals surface area contributed by atoms with Gasteiger partial charge in [-0.25, -0.2) is 21.6 Å². The number of hydrogen-bond donors (Lipinski definition) is 1. The van der Waals surface area contributed by atoms with Crippen LogP contribution in [0.1, 0.15) is 29.7 Å². The van der Waals surface area contributed by atoms with Crippen molar-refractivity contribution in [3.63, 3.8) is 0 Å². The van der Waals surface area contributed by atoms with E-state index in [4.69, 9.17) is 0 Å². The predicted octanol–water partition coefficient (Wildman–Crippen LogP) is 4.18. The van der Waals surface area contributed by atoms with Gasteiger partial charge in [-0.15, -0.1) is 0 Å². The molecule has 3 aromatic carbocycles. The Labute approximate surface area is 172 Å². The van der Waals surface area contributed by atoms with E-state index in [1.165, 1.54) is 12.1 Å². The highest BCUT2D eigenvalue weighted by atomic mass is 32.2. The number of nitrogens with one attached hydrogen (secondary N) is 1. The fraction of sp³-hybridized carbons (Fsp3) is 0.182. The van der Waals surface area contributed by atoms with E-state index in [1.54, 1.807) is 67.6 Å². The van der Waals surface area contributed by atoms with Crippen LogP contribution in [0.3, 0.4) is 0 Å². The van der Waals surface area contributed by atoms with Gasteiger partial charge < -0.3 is 0 Å². The zero-order valence-electron chi connectivity index (χ0n) is 16.5. The van der Waals surface area contributed by atoms with Crippen molar-refractivity contribution in [3.05, 3.63) is 89.5 Å². The standard InChI is InChI=1S/C22H23NO4S2/c1-16-4-10-20(11-5-16)28(24,25)21-14-8-19(9-15-21)18(3)23-29(26,27)22-12-6-17(2)7-13-22/h4-15,18,23H,1-3H3. The molecular formula is C22H23NO4S2. The highest BCUT2D eigenvalue weighted by Crippen LogP contribution is 2.24. The van der Waals surface area contributed by atoms with Crippen LogP contribution < -0.4 is 4.72 Å². The number of sulfone groups is 1. The van der Waals surface area contributed by atoms with Crippen molar-refractivity contribution >= 4 is 19.9 Å². The number of sulfonamides is 1. The lowest BCUT2D eigenvalue weighted by atomic mass is 10.1. The lowest BCUT2D eigenvalue weighted by molar-refractivity contribution is 0.566. The molecule has 0 radical (unpaired) electrons. The van der Waals surface area contributed by atoms with Crippen LogP contribution in [0.2, 0.25) is 0 Å². The normalized spacial score (nSPS) is 13.2. The van der Waals surface area contributed by atoms with Crippen molar-refractivity contribution in [1.29, 1.82) is 0 Å². The fourth-order valence-electron chi connectivity index (χ4n) is 2.88. The van der Waals surface area contributed by atoms with Crippen LogP contribution in [0.25, 0.3) is 0 Å². The van der Waals surface area contributed by atoms with Crippen molar-refractivity contribution in [2.24, 2.45) is 0 Å². The maximum Gasteiger partial charge on any atom is 0.241 e. The Morgan fingerprint density at radius 1 is 0.621 bits per heavy atom. The van der Waals surface area contributed by atoms with Crippen molar-refractivity contribution in [1.82, 2.24) is 4.72 Å². The smallest absolute Gasteiger partial charge is 0.219 e. The van der Waals surface area contributed by atoms with E-state index in [2.05, 4.69) is 4.72 Å². The Hall–Kier alpha value is -2.48. The number of rotatable bonds is 6. The van der Waals surface area contributed by atoms with Gasteiger partial charge in [-0.1, -0.05) is 47.5 Å². The molecule has 0 saturated carbocycles. The molecule has 29 heavy (non-hydrogen) atoms. The second-order valence-corrected chi connectivity index (χ2v) is 10.7. The van der Waals surface area contributed by atoms with Crippen LogP contribution in [-0.2, 0) is 19.9 Å². The van der Waals surface area contributed by atoms with Crippen LogP contribution in [-0.4, -0.2) is 16.8 Å². The minimum atomic E-state index is -3.68.